The molecule has 2 nitrogen and oxygen atoms in total. The van der Waals surface area contributed by atoms with Crippen molar-refractivity contribution < 1.29 is 10.0 Å². The predicted molar refractivity (Wildman–Crippen MR) is 53.5 cm³/mol. The van der Waals surface area contributed by atoms with Gasteiger partial charge in [0.1, 0.15) is 0 Å². The topological polar surface area (TPSA) is 40.5 Å². The number of benzene rings is 1. The molecule has 0 atom stereocenters. The van der Waals surface area contributed by atoms with Crippen molar-refractivity contribution in [2.75, 3.05) is 0 Å². The molecule has 58 valence electrons. The first kappa shape index (κ1) is 11.9. The van der Waals surface area contributed by atoms with Gasteiger partial charge in [-0.2, -0.15) is 0 Å². The molecule has 0 aromatic heterocycles. The Morgan fingerprint density at radius 2 is 2.00 bits per heavy atom. The molecule has 0 amide bonds. The minimum absolute atomic E-state index is 0. The van der Waals surface area contributed by atoms with Gasteiger partial charge in [0.15, 0.2) is 0 Å². The van der Waals surface area contributed by atoms with E-state index < -0.39 is 7.12 Å². The third-order valence-electron chi connectivity index (χ3n) is 1.44. The first-order valence-corrected chi connectivity index (χ1v) is 3.32. The molecule has 2 N–H and O–H groups in total. The van der Waals surface area contributed by atoms with E-state index in [9.17, 15) is 0 Å². The van der Waals surface area contributed by atoms with Gasteiger partial charge in [-0.05, 0) is 11.0 Å². The molecule has 0 aliphatic rings. The summed E-state index contributed by atoms with van der Waals surface area (Å²) in [5.74, 6) is 0. The molecule has 0 spiro atoms. The molecule has 0 bridgehead atoms. The van der Waals surface area contributed by atoms with Crippen LogP contribution in [0.15, 0.2) is 30.8 Å². The second kappa shape index (κ2) is 5.57. The molecule has 0 heterocycles. The average molecular weight is 172 g/mol. The molecule has 0 unspecified atom stereocenters. The van der Waals surface area contributed by atoms with E-state index in [0.717, 1.165) is 5.56 Å². The molecule has 4 heteroatoms. The molecule has 0 fully saturated rings. The molecule has 1 rings (SSSR count). The molecule has 0 saturated heterocycles. The fourth-order valence-electron chi connectivity index (χ4n) is 0.847. The van der Waals surface area contributed by atoms with Crippen LogP contribution in [0.2, 0.25) is 0 Å². The Bertz CT molecular complexity index is 263. The van der Waals surface area contributed by atoms with Gasteiger partial charge in [0.25, 0.3) is 0 Å². The van der Waals surface area contributed by atoms with Crippen LogP contribution in [0.4, 0.5) is 0 Å². The summed E-state index contributed by atoms with van der Waals surface area (Å²) >= 11 is 0. The fourth-order valence-corrected chi connectivity index (χ4v) is 0.847. The van der Waals surface area contributed by atoms with Crippen LogP contribution >= 0.6 is 0 Å². The van der Waals surface area contributed by atoms with Crippen molar-refractivity contribution in [3.05, 3.63) is 36.4 Å². The van der Waals surface area contributed by atoms with E-state index in [1.807, 2.05) is 6.07 Å². The summed E-state index contributed by atoms with van der Waals surface area (Å²) in [6.45, 7) is 3.57. The molecule has 1 aromatic rings. The van der Waals surface area contributed by atoms with E-state index in [4.69, 9.17) is 10.0 Å². The number of hydrogen-bond donors (Lipinski definition) is 2. The zero-order valence-corrected chi connectivity index (χ0v) is 6.07. The summed E-state index contributed by atoms with van der Waals surface area (Å²) in [4.78, 5) is 0. The molecular formula is C8H10BNaO2. The Balaban J connectivity index is 0.00000121. The molecule has 1 aromatic carbocycles. The molecule has 0 aliphatic heterocycles. The van der Waals surface area contributed by atoms with Crippen molar-refractivity contribution in [3.63, 3.8) is 0 Å². The zero-order chi connectivity index (χ0) is 8.27. The van der Waals surface area contributed by atoms with E-state index in [1.165, 1.54) is 0 Å². The van der Waals surface area contributed by atoms with Crippen LogP contribution in [0.25, 0.3) is 6.08 Å². The first-order chi connectivity index (χ1) is 5.24. The normalized spacial score (nSPS) is 8.50. The number of hydrogen-bond acceptors (Lipinski definition) is 2. The zero-order valence-electron chi connectivity index (χ0n) is 6.07. The summed E-state index contributed by atoms with van der Waals surface area (Å²) in [6.07, 6.45) is 1.66. The third kappa shape index (κ3) is 3.13. The Morgan fingerprint density at radius 1 is 1.33 bits per heavy atom. The van der Waals surface area contributed by atoms with Crippen molar-refractivity contribution in [2.24, 2.45) is 0 Å². The second-order valence-corrected chi connectivity index (χ2v) is 2.25. The SMILES string of the molecule is C=Cc1cccc(B(O)O)c1.[NaH]. The summed E-state index contributed by atoms with van der Waals surface area (Å²) in [7, 11) is -1.39. The maximum absolute atomic E-state index is 8.76. The van der Waals surface area contributed by atoms with Crippen LogP contribution in [-0.2, 0) is 0 Å². The minimum atomic E-state index is -1.39. The second-order valence-electron chi connectivity index (χ2n) is 2.25. The van der Waals surface area contributed by atoms with Crippen LogP contribution < -0.4 is 5.46 Å². The summed E-state index contributed by atoms with van der Waals surface area (Å²) in [5.41, 5.74) is 1.37. The standard InChI is InChI=1S/C8H9BO2.Na.H/c1-2-7-4-3-5-8(6-7)9(10)11;;/h2-6,10-11H,1H2;;. The molecule has 0 saturated carbocycles. The Morgan fingerprint density at radius 3 is 2.50 bits per heavy atom. The van der Waals surface area contributed by atoms with Crippen LogP contribution in [0.3, 0.4) is 0 Å². The summed E-state index contributed by atoms with van der Waals surface area (Å²) in [6, 6.07) is 6.93. The van der Waals surface area contributed by atoms with Crippen LogP contribution in [0, 0.1) is 0 Å². The fraction of sp³-hybridized carbons (Fsp3) is 0. The van der Waals surface area contributed by atoms with Gasteiger partial charge in [0.05, 0.1) is 0 Å². The van der Waals surface area contributed by atoms with Gasteiger partial charge in [0.2, 0.25) is 0 Å². The van der Waals surface area contributed by atoms with Crippen molar-refractivity contribution >= 4 is 48.2 Å². The van der Waals surface area contributed by atoms with E-state index >= 15 is 0 Å². The van der Waals surface area contributed by atoms with Gasteiger partial charge in [-0.3, -0.25) is 0 Å². The van der Waals surface area contributed by atoms with Crippen LogP contribution in [0.5, 0.6) is 0 Å². The van der Waals surface area contributed by atoms with Crippen molar-refractivity contribution in [1.29, 1.82) is 0 Å². The van der Waals surface area contributed by atoms with E-state index in [-0.39, 0.29) is 29.6 Å². The third-order valence-corrected chi connectivity index (χ3v) is 1.44. The van der Waals surface area contributed by atoms with Crippen molar-refractivity contribution in [1.82, 2.24) is 0 Å². The van der Waals surface area contributed by atoms with Gasteiger partial charge < -0.3 is 10.0 Å². The van der Waals surface area contributed by atoms with Crippen LogP contribution in [0.1, 0.15) is 5.56 Å². The first-order valence-electron chi connectivity index (χ1n) is 3.32. The quantitative estimate of drug-likeness (QED) is 0.582. The van der Waals surface area contributed by atoms with Gasteiger partial charge in [0, 0.05) is 0 Å². The predicted octanol–water partition coefficient (Wildman–Crippen LogP) is -0.639. The summed E-state index contributed by atoms with van der Waals surface area (Å²) < 4.78 is 0. The van der Waals surface area contributed by atoms with E-state index in [1.54, 1.807) is 24.3 Å². The van der Waals surface area contributed by atoms with E-state index in [0.29, 0.717) is 5.46 Å². The molecule has 0 radical (unpaired) electrons. The van der Waals surface area contributed by atoms with Crippen molar-refractivity contribution in [3.8, 4) is 0 Å². The Kier molecular flexibility index (Phi) is 5.54. The van der Waals surface area contributed by atoms with Gasteiger partial charge in [-0.1, -0.05) is 36.9 Å². The Hall–Kier alpha value is -0.0551. The monoisotopic (exact) mass is 172 g/mol. The molecule has 0 aliphatic carbocycles. The van der Waals surface area contributed by atoms with E-state index in [2.05, 4.69) is 6.58 Å². The Labute approximate surface area is 94.4 Å². The molecular weight excluding hydrogens is 162 g/mol. The molecule has 12 heavy (non-hydrogen) atoms. The van der Waals surface area contributed by atoms with Gasteiger partial charge in [-0.25, -0.2) is 0 Å². The average Bonchev–Trinajstić information content (AvgIpc) is 2.05. The number of rotatable bonds is 2. The van der Waals surface area contributed by atoms with Gasteiger partial charge in [-0.15, -0.1) is 0 Å². The van der Waals surface area contributed by atoms with Gasteiger partial charge >= 0.3 is 36.7 Å². The van der Waals surface area contributed by atoms with Crippen molar-refractivity contribution in [2.45, 2.75) is 0 Å². The maximum atomic E-state index is 8.76. The van der Waals surface area contributed by atoms with Crippen LogP contribution in [-0.4, -0.2) is 46.7 Å². The summed E-state index contributed by atoms with van der Waals surface area (Å²) in [5, 5.41) is 17.5.